The van der Waals surface area contributed by atoms with Crippen molar-refractivity contribution in [2.24, 2.45) is 0 Å². The Kier molecular flexibility index (Phi) is 3.46. The van der Waals surface area contributed by atoms with E-state index in [2.05, 4.69) is 9.97 Å². The Morgan fingerprint density at radius 3 is 2.92 bits per heavy atom. The molecule has 24 heavy (non-hydrogen) atoms. The van der Waals surface area contributed by atoms with Crippen molar-refractivity contribution >= 4 is 44.1 Å². The highest BCUT2D eigenvalue weighted by Gasteiger charge is 2.18. The molecule has 4 aromatic rings. The van der Waals surface area contributed by atoms with Gasteiger partial charge < -0.3 is 15.5 Å². The van der Waals surface area contributed by atoms with E-state index in [0.29, 0.717) is 17.2 Å². The van der Waals surface area contributed by atoms with Crippen LogP contribution in [0.4, 0.5) is 5.69 Å². The quantitative estimate of drug-likeness (QED) is 0.549. The molecule has 0 bridgehead atoms. The summed E-state index contributed by atoms with van der Waals surface area (Å²) in [6, 6.07) is 13.8. The second-order valence-corrected chi connectivity index (χ2v) is 6.43. The van der Waals surface area contributed by atoms with E-state index in [1.807, 2.05) is 42.5 Å². The Hall–Kier alpha value is -2.86. The SMILES string of the molecule is CCOC(=O)c1sc2ccc(-c3nc4ccccc4[nH]3)cc2c1N. The van der Waals surface area contributed by atoms with Crippen molar-refractivity contribution in [3.63, 3.8) is 0 Å². The van der Waals surface area contributed by atoms with Crippen molar-refractivity contribution in [3.05, 3.63) is 47.3 Å². The van der Waals surface area contributed by atoms with E-state index < -0.39 is 0 Å². The molecule has 0 atom stereocenters. The summed E-state index contributed by atoms with van der Waals surface area (Å²) in [5.74, 6) is 0.405. The number of anilines is 1. The highest BCUT2D eigenvalue weighted by molar-refractivity contribution is 7.21. The van der Waals surface area contributed by atoms with Crippen LogP contribution in [0.15, 0.2) is 42.5 Å². The lowest BCUT2D eigenvalue weighted by Crippen LogP contribution is -2.04. The Morgan fingerprint density at radius 1 is 1.29 bits per heavy atom. The van der Waals surface area contributed by atoms with E-state index >= 15 is 0 Å². The van der Waals surface area contributed by atoms with Gasteiger partial charge in [-0.05, 0) is 37.3 Å². The lowest BCUT2D eigenvalue weighted by Gasteiger charge is -2.00. The first-order chi connectivity index (χ1) is 11.7. The second kappa shape index (κ2) is 5.65. The van der Waals surface area contributed by atoms with Crippen molar-refractivity contribution in [2.75, 3.05) is 12.3 Å². The zero-order chi connectivity index (χ0) is 16.7. The molecule has 120 valence electrons. The van der Waals surface area contributed by atoms with E-state index in [1.54, 1.807) is 6.92 Å². The molecule has 0 saturated carbocycles. The highest BCUT2D eigenvalue weighted by atomic mass is 32.1. The van der Waals surface area contributed by atoms with Gasteiger partial charge in [-0.25, -0.2) is 9.78 Å². The van der Waals surface area contributed by atoms with Crippen LogP contribution in [0.1, 0.15) is 16.6 Å². The maximum atomic E-state index is 12.0. The molecule has 0 aliphatic rings. The van der Waals surface area contributed by atoms with Crippen LogP contribution in [0.25, 0.3) is 32.5 Å². The standard InChI is InChI=1S/C18H15N3O2S/c1-2-23-18(22)16-15(19)11-9-10(7-8-14(11)24-16)17-20-12-5-3-4-6-13(12)21-17/h3-9H,2,19H2,1H3,(H,20,21). The molecule has 6 heteroatoms. The third-order valence-electron chi connectivity index (χ3n) is 3.85. The number of fused-ring (bicyclic) bond motifs is 2. The zero-order valence-corrected chi connectivity index (χ0v) is 13.8. The van der Waals surface area contributed by atoms with Gasteiger partial charge in [-0.1, -0.05) is 12.1 Å². The molecule has 0 unspecified atom stereocenters. The summed E-state index contributed by atoms with van der Waals surface area (Å²) in [6.45, 7) is 2.11. The monoisotopic (exact) mass is 337 g/mol. The fourth-order valence-electron chi connectivity index (χ4n) is 2.70. The summed E-state index contributed by atoms with van der Waals surface area (Å²) in [5.41, 5.74) is 9.46. The number of nitrogens with one attached hydrogen (secondary N) is 1. The number of carbonyl (C=O) groups is 1. The van der Waals surface area contributed by atoms with Crippen molar-refractivity contribution in [2.45, 2.75) is 6.92 Å². The summed E-state index contributed by atoms with van der Waals surface area (Å²) < 4.78 is 6.02. The minimum Gasteiger partial charge on any atom is -0.462 e. The van der Waals surface area contributed by atoms with E-state index in [9.17, 15) is 4.79 Å². The molecular formula is C18H15N3O2S. The molecule has 0 saturated heterocycles. The Balaban J connectivity index is 1.83. The first-order valence-corrected chi connectivity index (χ1v) is 8.43. The first-order valence-electron chi connectivity index (χ1n) is 7.61. The molecular weight excluding hydrogens is 322 g/mol. The van der Waals surface area contributed by atoms with Gasteiger partial charge in [-0.3, -0.25) is 0 Å². The van der Waals surface area contributed by atoms with Crippen LogP contribution in [0, 0.1) is 0 Å². The van der Waals surface area contributed by atoms with Crippen LogP contribution in [0.5, 0.6) is 0 Å². The van der Waals surface area contributed by atoms with Gasteiger partial charge in [0.1, 0.15) is 10.7 Å². The number of hydrogen-bond donors (Lipinski definition) is 2. The number of nitrogen functional groups attached to an aromatic ring is 1. The van der Waals surface area contributed by atoms with Crippen LogP contribution in [-0.2, 0) is 4.74 Å². The molecule has 2 aromatic heterocycles. The summed E-state index contributed by atoms with van der Waals surface area (Å²) in [5, 5.41) is 0.848. The number of imidazole rings is 1. The predicted octanol–water partition coefficient (Wildman–Crippen LogP) is 4.20. The molecule has 0 aliphatic heterocycles. The average Bonchev–Trinajstić information content (AvgIpc) is 3.16. The fourth-order valence-corrected chi connectivity index (χ4v) is 3.70. The maximum Gasteiger partial charge on any atom is 0.350 e. The molecule has 2 heterocycles. The number of thiophene rings is 1. The zero-order valence-electron chi connectivity index (χ0n) is 13.0. The van der Waals surface area contributed by atoms with E-state index in [-0.39, 0.29) is 5.97 Å². The number of ether oxygens (including phenoxy) is 1. The molecule has 5 nitrogen and oxygen atoms in total. The number of benzene rings is 2. The summed E-state index contributed by atoms with van der Waals surface area (Å²) >= 11 is 1.35. The molecule has 4 rings (SSSR count). The lowest BCUT2D eigenvalue weighted by molar-refractivity contribution is 0.0533. The summed E-state index contributed by atoms with van der Waals surface area (Å²) in [7, 11) is 0. The molecule has 0 aliphatic carbocycles. The minimum atomic E-state index is -0.374. The van der Waals surface area contributed by atoms with Crippen molar-refractivity contribution in [3.8, 4) is 11.4 Å². The van der Waals surface area contributed by atoms with Gasteiger partial charge in [0.05, 0.1) is 23.3 Å². The van der Waals surface area contributed by atoms with Crippen molar-refractivity contribution in [1.29, 1.82) is 0 Å². The number of nitrogens with zero attached hydrogens (tertiary/aromatic N) is 1. The van der Waals surface area contributed by atoms with Crippen molar-refractivity contribution < 1.29 is 9.53 Å². The summed E-state index contributed by atoms with van der Waals surface area (Å²) in [4.78, 5) is 20.4. The van der Waals surface area contributed by atoms with E-state index in [4.69, 9.17) is 10.5 Å². The first kappa shape index (κ1) is 14.7. The molecule has 0 amide bonds. The van der Waals surface area contributed by atoms with Gasteiger partial charge in [-0.15, -0.1) is 11.3 Å². The molecule has 2 aromatic carbocycles. The van der Waals surface area contributed by atoms with Gasteiger partial charge in [-0.2, -0.15) is 0 Å². The smallest absolute Gasteiger partial charge is 0.350 e. The van der Waals surface area contributed by atoms with Crippen LogP contribution in [0.2, 0.25) is 0 Å². The Morgan fingerprint density at radius 2 is 2.12 bits per heavy atom. The molecule has 3 N–H and O–H groups in total. The van der Waals surface area contributed by atoms with E-state index in [1.165, 1.54) is 11.3 Å². The third kappa shape index (κ3) is 2.32. The molecule has 0 spiro atoms. The van der Waals surface area contributed by atoms with E-state index in [0.717, 1.165) is 32.5 Å². The number of aromatic nitrogens is 2. The number of para-hydroxylation sites is 2. The minimum absolute atomic E-state index is 0.330. The van der Waals surface area contributed by atoms with Crippen molar-refractivity contribution in [1.82, 2.24) is 9.97 Å². The second-order valence-electron chi connectivity index (χ2n) is 5.38. The number of esters is 1. The lowest BCUT2D eigenvalue weighted by atomic mass is 10.1. The van der Waals surface area contributed by atoms with Gasteiger partial charge in [0.2, 0.25) is 0 Å². The van der Waals surface area contributed by atoms with Crippen LogP contribution in [-0.4, -0.2) is 22.5 Å². The topological polar surface area (TPSA) is 81.0 Å². The van der Waals surface area contributed by atoms with Gasteiger partial charge >= 0.3 is 5.97 Å². The normalized spacial score (nSPS) is 11.2. The van der Waals surface area contributed by atoms with Crippen LogP contribution >= 0.6 is 11.3 Å². The van der Waals surface area contributed by atoms with Gasteiger partial charge in [0, 0.05) is 15.6 Å². The third-order valence-corrected chi connectivity index (χ3v) is 5.02. The van der Waals surface area contributed by atoms with Gasteiger partial charge in [0.15, 0.2) is 0 Å². The largest absolute Gasteiger partial charge is 0.462 e. The number of nitrogens with two attached hydrogens (primary N) is 1. The van der Waals surface area contributed by atoms with Gasteiger partial charge in [0.25, 0.3) is 0 Å². The van der Waals surface area contributed by atoms with Crippen LogP contribution < -0.4 is 5.73 Å². The average molecular weight is 337 g/mol. The fraction of sp³-hybridized carbons (Fsp3) is 0.111. The summed E-state index contributed by atoms with van der Waals surface area (Å²) in [6.07, 6.45) is 0. The van der Waals surface area contributed by atoms with Crippen LogP contribution in [0.3, 0.4) is 0 Å². The molecule has 0 radical (unpaired) electrons. The highest BCUT2D eigenvalue weighted by Crippen LogP contribution is 2.36. The maximum absolute atomic E-state index is 12.0. The number of hydrogen-bond acceptors (Lipinski definition) is 5. The Labute approximate surface area is 142 Å². The number of H-pyrrole nitrogens is 1. The Bertz CT molecular complexity index is 1030. The number of aromatic amines is 1. The molecule has 0 fully saturated rings. The number of carbonyl (C=O) groups excluding carboxylic acids is 1. The number of rotatable bonds is 3. The predicted molar refractivity (Wildman–Crippen MR) is 97.3 cm³/mol.